The number of aliphatic carboxylic acids is 1. The molecule has 2 spiro atoms. The van der Waals surface area contributed by atoms with E-state index < -0.39 is 5.97 Å². The number of hydrogen-bond acceptors (Lipinski definition) is 10. The molecule has 0 aromatic heterocycles. The van der Waals surface area contributed by atoms with Crippen molar-refractivity contribution in [2.24, 2.45) is 23.7 Å². The lowest BCUT2D eigenvalue weighted by Crippen LogP contribution is -2.50. The van der Waals surface area contributed by atoms with E-state index in [1.54, 1.807) is 12.2 Å². The summed E-state index contributed by atoms with van der Waals surface area (Å²) in [5, 5.41) is 15.3. The van der Waals surface area contributed by atoms with Gasteiger partial charge in [0.1, 0.15) is 5.78 Å². The largest absolute Gasteiger partial charge is 0.481 e. The number of allylic oxidation sites excluding steroid dienone is 6. The summed E-state index contributed by atoms with van der Waals surface area (Å²) in [5.74, 6) is 0.728. The van der Waals surface area contributed by atoms with E-state index in [-0.39, 0.29) is 90.4 Å². The standard InChI is InChI=1S/C31H49NO5.C27H41NO6/c1-7-8-9-25(33)17-27-19-31(20-35-31)18-26(37-27)13-11-22(4)12-14-29-23(5)16-28(24(6)36-29)32-30(34)15-10-21(2)3;1-17(2)6-11-25(29)28-23-12-19(4)24(33-20(23)5)10-8-18(3)7-9-21-14-27(16-32-27)15-22(34-21)13-26(30)31/h10-13,15,21,23-24,26-29H,7-9,14,16-20H2,1-6H3,(H,32,34);6-9,11,17,19-24H,10,12-16H2,1-5H3,(H,28,29)(H,30,31)/b13-11+,15-10-,22-12+;9-7+,11-6-,18-8+/t23-,24+,26+,27+,28+,29-,31+;19-,20+,21+,22+,23+,24-,27+/m00/s1. The molecule has 3 N–H and O–H groups in total. The van der Waals surface area contributed by atoms with Crippen molar-refractivity contribution in [1.29, 1.82) is 0 Å². The maximum atomic E-state index is 12.3. The number of rotatable bonds is 21. The smallest absolute Gasteiger partial charge is 0.305 e. The third kappa shape index (κ3) is 20.3. The number of carbonyl (C=O) groups excluding carboxylic acids is 3. The van der Waals surface area contributed by atoms with E-state index in [0.717, 1.165) is 70.0 Å². The van der Waals surface area contributed by atoms with Gasteiger partial charge in [-0.2, -0.15) is 0 Å². The van der Waals surface area contributed by atoms with Gasteiger partial charge in [0.25, 0.3) is 0 Å². The summed E-state index contributed by atoms with van der Waals surface area (Å²) >= 11 is 0. The third-order valence-corrected chi connectivity index (χ3v) is 14.7. The van der Waals surface area contributed by atoms with Crippen molar-refractivity contribution in [2.75, 3.05) is 13.2 Å². The number of ketones is 1. The number of carbonyl (C=O) groups is 4. The summed E-state index contributed by atoms with van der Waals surface area (Å²) in [5.41, 5.74) is 2.02. The van der Waals surface area contributed by atoms with Gasteiger partial charge in [-0.25, -0.2) is 0 Å². The molecular weight excluding hydrogens is 901 g/mol. The second kappa shape index (κ2) is 27.5. The first kappa shape index (κ1) is 58.2. The van der Waals surface area contributed by atoms with Crippen LogP contribution in [-0.4, -0.2) is 114 Å². The highest BCUT2D eigenvalue weighted by Gasteiger charge is 2.52. The Balaban J connectivity index is 0.000000265. The molecule has 0 aliphatic carbocycles. The van der Waals surface area contributed by atoms with Crippen LogP contribution < -0.4 is 10.6 Å². The van der Waals surface area contributed by atoms with Crippen LogP contribution in [0.5, 0.6) is 0 Å². The van der Waals surface area contributed by atoms with Crippen molar-refractivity contribution >= 4 is 23.6 Å². The fourth-order valence-electron chi connectivity index (χ4n) is 10.2. The summed E-state index contributed by atoms with van der Waals surface area (Å²) in [6, 6.07) is 0.0439. The van der Waals surface area contributed by atoms with Crippen LogP contribution >= 0.6 is 0 Å². The van der Waals surface area contributed by atoms with E-state index in [1.165, 1.54) is 5.57 Å². The molecule has 2 amide bonds. The fraction of sp³-hybridized carbons (Fsp3) is 0.724. The second-order valence-corrected chi connectivity index (χ2v) is 22.5. The zero-order valence-electron chi connectivity index (χ0n) is 45.0. The molecule has 6 fully saturated rings. The number of carboxylic acids is 1. The van der Waals surface area contributed by atoms with Gasteiger partial charge in [0, 0.05) is 38.5 Å². The van der Waals surface area contributed by atoms with Gasteiger partial charge in [0.2, 0.25) is 11.8 Å². The molecule has 6 aliphatic rings. The second-order valence-electron chi connectivity index (χ2n) is 22.5. The van der Waals surface area contributed by atoms with Gasteiger partial charge in [0.05, 0.1) is 91.8 Å². The van der Waals surface area contributed by atoms with Gasteiger partial charge in [-0.05, 0) is 95.6 Å². The highest BCUT2D eigenvalue weighted by Crippen LogP contribution is 2.44. The minimum absolute atomic E-state index is 0.00875. The van der Waals surface area contributed by atoms with E-state index in [2.05, 4.69) is 83.4 Å². The Kier molecular flexibility index (Phi) is 22.6. The monoisotopic (exact) mass is 991 g/mol. The summed E-state index contributed by atoms with van der Waals surface area (Å²) in [6.45, 7) is 24.4. The molecule has 0 saturated carbocycles. The lowest BCUT2D eigenvalue weighted by molar-refractivity contribution is -0.143. The summed E-state index contributed by atoms with van der Waals surface area (Å²) < 4.78 is 36.3. The average Bonchev–Trinajstić information content (AvgIpc) is 4.24. The highest BCUT2D eigenvalue weighted by molar-refractivity contribution is 5.88. The number of epoxide rings is 2. The molecule has 0 aromatic rings. The van der Waals surface area contributed by atoms with Crippen molar-refractivity contribution < 1.29 is 52.7 Å². The normalized spacial score (nSPS) is 35.5. The van der Waals surface area contributed by atoms with E-state index in [0.29, 0.717) is 55.3 Å². The minimum atomic E-state index is -0.842. The molecule has 0 aromatic carbocycles. The number of amides is 2. The van der Waals surface area contributed by atoms with Crippen LogP contribution in [0, 0.1) is 23.7 Å². The van der Waals surface area contributed by atoms with E-state index in [4.69, 9.17) is 33.5 Å². The van der Waals surface area contributed by atoms with Crippen LogP contribution in [0.25, 0.3) is 0 Å². The first-order chi connectivity index (χ1) is 33.6. The number of hydrogen-bond donors (Lipinski definition) is 3. The van der Waals surface area contributed by atoms with Crippen LogP contribution in [0.4, 0.5) is 0 Å². The topological polar surface area (TPSA) is 175 Å². The maximum absolute atomic E-state index is 12.3. The molecule has 398 valence electrons. The molecule has 13 heteroatoms. The van der Waals surface area contributed by atoms with Crippen LogP contribution in [-0.2, 0) is 47.6 Å². The molecule has 13 nitrogen and oxygen atoms in total. The quantitative estimate of drug-likeness (QED) is 0.0567. The molecule has 14 atom stereocenters. The van der Waals surface area contributed by atoms with Crippen LogP contribution in [0.1, 0.15) is 160 Å². The molecule has 0 unspecified atom stereocenters. The Hall–Kier alpha value is -3.72. The minimum Gasteiger partial charge on any atom is -0.481 e. The van der Waals surface area contributed by atoms with E-state index in [9.17, 15) is 19.2 Å². The molecule has 0 bridgehead atoms. The van der Waals surface area contributed by atoms with Crippen molar-refractivity contribution in [3.05, 3.63) is 71.9 Å². The predicted octanol–water partition coefficient (Wildman–Crippen LogP) is 10.0. The molecule has 6 heterocycles. The van der Waals surface area contributed by atoms with Crippen molar-refractivity contribution in [1.82, 2.24) is 10.6 Å². The maximum Gasteiger partial charge on any atom is 0.305 e. The number of carboxylic acid groups (broad SMARTS) is 1. The molecule has 0 radical (unpaired) electrons. The third-order valence-electron chi connectivity index (χ3n) is 14.7. The van der Waals surface area contributed by atoms with Gasteiger partial charge in [-0.3, -0.25) is 19.2 Å². The highest BCUT2D eigenvalue weighted by atomic mass is 16.6. The number of unbranched alkanes of at least 4 members (excludes halogenated alkanes) is 1. The Labute approximate surface area is 426 Å². The van der Waals surface area contributed by atoms with Gasteiger partial charge in [-0.1, -0.05) is 115 Å². The molecule has 6 saturated heterocycles. The van der Waals surface area contributed by atoms with Crippen molar-refractivity contribution in [3.8, 4) is 0 Å². The molecule has 71 heavy (non-hydrogen) atoms. The Morgan fingerprint density at radius 3 is 1.44 bits per heavy atom. The molecule has 6 rings (SSSR count). The van der Waals surface area contributed by atoms with Crippen LogP contribution in [0.2, 0.25) is 0 Å². The Morgan fingerprint density at radius 2 is 1.06 bits per heavy atom. The lowest BCUT2D eigenvalue weighted by atomic mass is 9.88. The number of nitrogens with one attached hydrogen (secondary N) is 2. The Morgan fingerprint density at radius 1 is 0.634 bits per heavy atom. The Bertz CT molecular complexity index is 1940. The lowest BCUT2D eigenvalue weighted by Gasteiger charge is -2.39. The zero-order valence-corrected chi connectivity index (χ0v) is 45.0. The van der Waals surface area contributed by atoms with Gasteiger partial charge in [-0.15, -0.1) is 0 Å². The van der Waals surface area contributed by atoms with Gasteiger partial charge < -0.3 is 44.2 Å². The van der Waals surface area contributed by atoms with Gasteiger partial charge in [0.15, 0.2) is 0 Å². The zero-order chi connectivity index (χ0) is 51.9. The molecule has 6 aliphatic heterocycles. The fourth-order valence-corrected chi connectivity index (χ4v) is 10.2. The number of ether oxygens (including phenoxy) is 6. The summed E-state index contributed by atoms with van der Waals surface area (Å²) in [7, 11) is 0. The van der Waals surface area contributed by atoms with Crippen molar-refractivity contribution in [2.45, 2.75) is 232 Å². The average molecular weight is 991 g/mol. The number of Topliss-reactive ketones (excluding diaryl/α,β-unsaturated/α-hetero) is 1. The van der Waals surface area contributed by atoms with Crippen LogP contribution in [0.15, 0.2) is 71.9 Å². The van der Waals surface area contributed by atoms with Gasteiger partial charge >= 0.3 is 5.97 Å². The SMILES string of the molecule is CC(/C=C/[C@@H]1C[C@]2(CO2)C[C@@H](CC(=O)O)O1)=C\C[C@@H]1O[C@H](C)[C@H](NC(=O)/C=C\C(C)C)C[C@@H]1C.CCCCC(=O)C[C@@H]1C[C@@]2(CO2)C[C@@H](/C=C/C(C)=C/C[C@@H]2O[C@H](C)[C@H](NC(=O)/C=C\C(C)C)C[C@@H]2C)O1. The predicted molar refractivity (Wildman–Crippen MR) is 278 cm³/mol. The first-order valence-corrected chi connectivity index (χ1v) is 26.9. The van der Waals surface area contributed by atoms with Crippen LogP contribution in [0.3, 0.4) is 0 Å². The van der Waals surface area contributed by atoms with E-state index >= 15 is 0 Å². The summed E-state index contributed by atoms with van der Waals surface area (Å²) in [6.07, 6.45) is 29.1. The first-order valence-electron chi connectivity index (χ1n) is 26.9. The van der Waals surface area contributed by atoms with E-state index in [1.807, 2.05) is 52.0 Å². The molecular formula is C58H90N2O11. The summed E-state index contributed by atoms with van der Waals surface area (Å²) in [4.78, 5) is 47.8. The van der Waals surface area contributed by atoms with Crippen molar-refractivity contribution in [3.63, 3.8) is 0 Å².